The lowest BCUT2D eigenvalue weighted by Crippen LogP contribution is -2.16. The monoisotopic (exact) mass is 246 g/mol. The quantitative estimate of drug-likeness (QED) is 0.432. The molecule has 1 aromatic rings. The fourth-order valence-corrected chi connectivity index (χ4v) is 1.81. The van der Waals surface area contributed by atoms with Crippen molar-refractivity contribution in [3.63, 3.8) is 0 Å². The lowest BCUT2D eigenvalue weighted by atomic mass is 10.1. The molecule has 0 heterocycles. The van der Waals surface area contributed by atoms with Crippen molar-refractivity contribution in [2.75, 3.05) is 7.11 Å². The highest BCUT2D eigenvalue weighted by atomic mass is 28.3. The van der Waals surface area contributed by atoms with Crippen molar-refractivity contribution in [1.82, 2.24) is 0 Å². The molecule has 1 rings (SSSR count). The predicted molar refractivity (Wildman–Crippen MR) is 72.7 cm³/mol. The van der Waals surface area contributed by atoms with E-state index in [0.717, 1.165) is 11.1 Å². The molecule has 0 aliphatic carbocycles. The standard InChI is InChI=1S/C14H18O2Si/c1-11-6-7-12(8-9-17(3,4)5)10-13(11)14(15)16-2/h6-7,10H,1-5H3. The fraction of sp³-hybridized carbons (Fsp3) is 0.357. The molecule has 0 bridgehead atoms. The van der Waals surface area contributed by atoms with Crippen molar-refractivity contribution < 1.29 is 9.53 Å². The lowest BCUT2D eigenvalue weighted by molar-refractivity contribution is 0.0600. The van der Waals surface area contributed by atoms with Gasteiger partial charge in [0.15, 0.2) is 0 Å². The molecule has 0 radical (unpaired) electrons. The second kappa shape index (κ2) is 5.20. The summed E-state index contributed by atoms with van der Waals surface area (Å²) in [4.78, 5) is 11.5. The molecule has 0 aliphatic heterocycles. The normalized spacial score (nSPS) is 10.4. The summed E-state index contributed by atoms with van der Waals surface area (Å²) in [6, 6.07) is 5.64. The van der Waals surface area contributed by atoms with Crippen LogP contribution in [-0.4, -0.2) is 21.2 Å². The van der Waals surface area contributed by atoms with Crippen LogP contribution in [0.4, 0.5) is 0 Å². The van der Waals surface area contributed by atoms with Gasteiger partial charge in [0.05, 0.1) is 12.7 Å². The van der Waals surface area contributed by atoms with Gasteiger partial charge in [0.25, 0.3) is 0 Å². The maximum atomic E-state index is 11.5. The molecule has 0 saturated carbocycles. The summed E-state index contributed by atoms with van der Waals surface area (Å²) in [5.74, 6) is 2.83. The Bertz CT molecular complexity index is 487. The minimum Gasteiger partial charge on any atom is -0.465 e. The van der Waals surface area contributed by atoms with Crippen molar-refractivity contribution in [2.45, 2.75) is 26.6 Å². The number of carbonyl (C=O) groups excluding carboxylic acids is 1. The van der Waals surface area contributed by atoms with E-state index in [2.05, 4.69) is 31.1 Å². The number of aryl methyl sites for hydroxylation is 1. The van der Waals surface area contributed by atoms with Crippen LogP contribution in [-0.2, 0) is 4.74 Å². The van der Waals surface area contributed by atoms with E-state index in [1.165, 1.54) is 7.11 Å². The maximum Gasteiger partial charge on any atom is 0.338 e. The first-order chi connectivity index (χ1) is 7.83. The zero-order valence-electron chi connectivity index (χ0n) is 11.0. The van der Waals surface area contributed by atoms with Crippen LogP contribution in [0.5, 0.6) is 0 Å². The summed E-state index contributed by atoms with van der Waals surface area (Å²) in [5.41, 5.74) is 5.66. The zero-order valence-corrected chi connectivity index (χ0v) is 12.0. The molecule has 0 saturated heterocycles. The summed E-state index contributed by atoms with van der Waals surface area (Å²) >= 11 is 0. The fourth-order valence-electron chi connectivity index (χ4n) is 1.29. The molecule has 90 valence electrons. The van der Waals surface area contributed by atoms with E-state index in [9.17, 15) is 4.79 Å². The highest BCUT2D eigenvalue weighted by Crippen LogP contribution is 2.12. The van der Waals surface area contributed by atoms with Gasteiger partial charge in [-0.2, -0.15) is 0 Å². The molecule has 2 nitrogen and oxygen atoms in total. The zero-order chi connectivity index (χ0) is 13.1. The topological polar surface area (TPSA) is 26.3 Å². The Morgan fingerprint density at radius 1 is 1.29 bits per heavy atom. The average molecular weight is 246 g/mol. The Morgan fingerprint density at radius 2 is 1.94 bits per heavy atom. The van der Waals surface area contributed by atoms with Crippen LogP contribution < -0.4 is 0 Å². The van der Waals surface area contributed by atoms with E-state index in [0.29, 0.717) is 5.56 Å². The van der Waals surface area contributed by atoms with Crippen molar-refractivity contribution in [1.29, 1.82) is 0 Å². The Kier molecular flexibility index (Phi) is 4.14. The molecule has 17 heavy (non-hydrogen) atoms. The highest BCUT2D eigenvalue weighted by Gasteiger charge is 2.10. The van der Waals surface area contributed by atoms with Crippen molar-refractivity contribution >= 4 is 14.0 Å². The number of hydrogen-bond acceptors (Lipinski definition) is 2. The molecular weight excluding hydrogens is 228 g/mol. The molecule has 0 aromatic heterocycles. The van der Waals surface area contributed by atoms with Crippen LogP contribution in [0.1, 0.15) is 21.5 Å². The van der Waals surface area contributed by atoms with Gasteiger partial charge in [-0.05, 0) is 24.6 Å². The summed E-state index contributed by atoms with van der Waals surface area (Å²) in [6.07, 6.45) is 0. The average Bonchev–Trinajstić information content (AvgIpc) is 2.26. The lowest BCUT2D eigenvalue weighted by Gasteiger charge is -2.05. The second-order valence-corrected chi connectivity index (χ2v) is 9.77. The van der Waals surface area contributed by atoms with Crippen LogP contribution >= 0.6 is 0 Å². The van der Waals surface area contributed by atoms with Gasteiger partial charge in [0, 0.05) is 5.56 Å². The van der Waals surface area contributed by atoms with Crippen LogP contribution in [0.25, 0.3) is 0 Å². The number of benzene rings is 1. The molecule has 0 fully saturated rings. The van der Waals surface area contributed by atoms with Crippen molar-refractivity contribution in [3.05, 3.63) is 34.9 Å². The number of rotatable bonds is 1. The smallest absolute Gasteiger partial charge is 0.338 e. The van der Waals surface area contributed by atoms with Crippen molar-refractivity contribution in [3.8, 4) is 11.5 Å². The number of carbonyl (C=O) groups is 1. The van der Waals surface area contributed by atoms with Gasteiger partial charge < -0.3 is 4.74 Å². The third-order valence-electron chi connectivity index (χ3n) is 2.22. The number of methoxy groups -OCH3 is 1. The number of hydrogen-bond donors (Lipinski definition) is 0. The molecule has 0 amide bonds. The molecule has 0 atom stereocenters. The summed E-state index contributed by atoms with van der Waals surface area (Å²) in [7, 11) is 0.00730. The highest BCUT2D eigenvalue weighted by molar-refractivity contribution is 6.83. The molecule has 1 aromatic carbocycles. The van der Waals surface area contributed by atoms with Crippen LogP contribution in [0.2, 0.25) is 19.6 Å². The molecular formula is C14H18O2Si. The Balaban J connectivity index is 3.12. The minimum absolute atomic E-state index is 0.306. The van der Waals surface area contributed by atoms with E-state index >= 15 is 0 Å². The van der Waals surface area contributed by atoms with E-state index in [4.69, 9.17) is 4.74 Å². The summed E-state index contributed by atoms with van der Waals surface area (Å²) in [6.45, 7) is 8.46. The third kappa shape index (κ3) is 4.08. The van der Waals surface area contributed by atoms with Gasteiger partial charge in [0.2, 0.25) is 0 Å². The Hall–Kier alpha value is -1.53. The first-order valence-corrected chi connectivity index (χ1v) is 9.05. The number of esters is 1. The van der Waals surface area contributed by atoms with Gasteiger partial charge in [-0.15, -0.1) is 5.54 Å². The molecule has 0 spiro atoms. The molecule has 0 unspecified atom stereocenters. The molecule has 0 aliphatic rings. The summed E-state index contributed by atoms with van der Waals surface area (Å²) < 4.78 is 4.74. The maximum absolute atomic E-state index is 11.5. The Labute approximate surface area is 104 Å². The van der Waals surface area contributed by atoms with Crippen molar-refractivity contribution in [2.24, 2.45) is 0 Å². The van der Waals surface area contributed by atoms with E-state index in [1.807, 2.05) is 19.1 Å². The second-order valence-electron chi connectivity index (χ2n) is 5.02. The van der Waals surface area contributed by atoms with E-state index < -0.39 is 8.07 Å². The van der Waals surface area contributed by atoms with Crippen LogP contribution in [0, 0.1) is 18.4 Å². The molecule has 0 N–H and O–H groups in total. The third-order valence-corrected chi connectivity index (χ3v) is 3.10. The minimum atomic E-state index is -1.38. The SMILES string of the molecule is COC(=O)c1cc(C#C[Si](C)(C)C)ccc1C. The van der Waals surface area contributed by atoms with Crippen LogP contribution in [0.3, 0.4) is 0 Å². The number of ether oxygens (including phenoxy) is 1. The molecule has 3 heteroatoms. The van der Waals surface area contributed by atoms with Gasteiger partial charge in [-0.1, -0.05) is 31.6 Å². The van der Waals surface area contributed by atoms with Gasteiger partial charge >= 0.3 is 5.97 Å². The largest absolute Gasteiger partial charge is 0.465 e. The van der Waals surface area contributed by atoms with Gasteiger partial charge in [0.1, 0.15) is 8.07 Å². The summed E-state index contributed by atoms with van der Waals surface area (Å²) in [5, 5.41) is 0. The van der Waals surface area contributed by atoms with Gasteiger partial charge in [-0.3, -0.25) is 0 Å². The van der Waals surface area contributed by atoms with Crippen LogP contribution in [0.15, 0.2) is 18.2 Å². The van der Waals surface area contributed by atoms with E-state index in [-0.39, 0.29) is 5.97 Å². The first kappa shape index (κ1) is 13.5. The van der Waals surface area contributed by atoms with E-state index in [1.54, 1.807) is 6.07 Å². The predicted octanol–water partition coefficient (Wildman–Crippen LogP) is 3.01. The Morgan fingerprint density at radius 3 is 2.47 bits per heavy atom. The van der Waals surface area contributed by atoms with Gasteiger partial charge in [-0.25, -0.2) is 4.79 Å². The first-order valence-electron chi connectivity index (χ1n) is 5.55.